The number of nitrogens with zero attached hydrogens (tertiary/aromatic N) is 3. The monoisotopic (exact) mass is 557 g/mol. The van der Waals surface area contributed by atoms with E-state index in [9.17, 15) is 17.6 Å². The van der Waals surface area contributed by atoms with E-state index in [-0.39, 0.29) is 28.8 Å². The summed E-state index contributed by atoms with van der Waals surface area (Å²) in [6, 6.07) is 10.9. The smallest absolute Gasteiger partial charge is 0.281 e. The van der Waals surface area contributed by atoms with Crippen LogP contribution in [0.3, 0.4) is 0 Å². The van der Waals surface area contributed by atoms with Crippen LogP contribution in [0.25, 0.3) is 11.3 Å². The van der Waals surface area contributed by atoms with E-state index in [0.717, 1.165) is 0 Å². The van der Waals surface area contributed by atoms with Crippen LogP contribution in [0.1, 0.15) is 54.1 Å². The highest BCUT2D eigenvalue weighted by Crippen LogP contribution is 2.38. The number of hydrogen-bond donors (Lipinski definition) is 2. The number of rotatable bonds is 8. The summed E-state index contributed by atoms with van der Waals surface area (Å²) in [7, 11) is -4.42. The van der Waals surface area contributed by atoms with Crippen molar-refractivity contribution in [2.75, 3.05) is 23.7 Å². The summed E-state index contributed by atoms with van der Waals surface area (Å²) in [5.74, 6) is -1.64. The lowest BCUT2D eigenvalue weighted by Crippen LogP contribution is -2.41. The van der Waals surface area contributed by atoms with Crippen LogP contribution >= 0.6 is 0 Å². The van der Waals surface area contributed by atoms with Crippen molar-refractivity contribution in [3.8, 4) is 17.0 Å². The van der Waals surface area contributed by atoms with Crippen LogP contribution in [0.15, 0.2) is 53.6 Å². The second kappa shape index (κ2) is 10.8. The Morgan fingerprint density at radius 3 is 2.64 bits per heavy atom. The molecule has 1 fully saturated rings. The third kappa shape index (κ3) is 6.47. The lowest BCUT2D eigenvalue weighted by Gasteiger charge is -2.34. The number of nitrogens with one attached hydrogen (secondary N) is 1. The molecule has 3 N–H and O–H groups in total. The summed E-state index contributed by atoms with van der Waals surface area (Å²) in [6.45, 7) is 7.76. The van der Waals surface area contributed by atoms with Crippen molar-refractivity contribution < 1.29 is 25.1 Å². The average molecular weight is 558 g/mol. The number of hydrogen-bond acceptors (Lipinski definition) is 8. The molecule has 39 heavy (non-hydrogen) atoms. The number of nitrogen functional groups attached to an aromatic ring is 1. The number of carbonyl (C=O) groups excluding carboxylic acids is 1. The second-order valence-electron chi connectivity index (χ2n) is 10.7. The van der Waals surface area contributed by atoms with Crippen molar-refractivity contribution in [1.29, 1.82) is 0 Å². The molecule has 0 radical (unpaired) electrons. The number of amides is 1. The van der Waals surface area contributed by atoms with Crippen LogP contribution in [0, 0.1) is 17.7 Å². The van der Waals surface area contributed by atoms with Gasteiger partial charge in [-0.1, -0.05) is 26.8 Å². The largest absolute Gasteiger partial charge is 0.493 e. The van der Waals surface area contributed by atoms with Gasteiger partial charge in [-0.15, -0.1) is 0 Å². The number of anilines is 2. The SMILES string of the molecule is [2H]C1([2H])[C@@H](C)CC(C)(C)N1c1nc(-c2cc(F)cc(OCC(C)C)c2)ccc1C(=O)NS(=O)(=O)c1cccc(N)n1. The summed E-state index contributed by atoms with van der Waals surface area (Å²) in [5, 5.41) is -0.448. The van der Waals surface area contributed by atoms with Crippen molar-refractivity contribution in [3.63, 3.8) is 0 Å². The number of benzene rings is 1. The predicted molar refractivity (Wildman–Crippen MR) is 148 cm³/mol. The zero-order valence-corrected chi connectivity index (χ0v) is 23.3. The zero-order valence-electron chi connectivity index (χ0n) is 24.5. The first-order valence-corrected chi connectivity index (χ1v) is 14.0. The van der Waals surface area contributed by atoms with Gasteiger partial charge < -0.3 is 15.4 Å². The summed E-state index contributed by atoms with van der Waals surface area (Å²) in [4.78, 5) is 23.3. The van der Waals surface area contributed by atoms with E-state index in [1.165, 1.54) is 47.4 Å². The molecule has 0 spiro atoms. The summed E-state index contributed by atoms with van der Waals surface area (Å²) in [6.07, 6.45) is 0.436. The van der Waals surface area contributed by atoms with Gasteiger partial charge in [-0.3, -0.25) is 4.79 Å². The maximum atomic E-state index is 14.6. The molecule has 1 aliphatic rings. The fourth-order valence-corrected chi connectivity index (χ4v) is 5.39. The molecule has 2 aromatic heterocycles. The molecule has 9 nitrogen and oxygen atoms in total. The van der Waals surface area contributed by atoms with Crippen LogP contribution in [-0.4, -0.2) is 42.9 Å². The highest BCUT2D eigenvalue weighted by atomic mass is 32.2. The quantitative estimate of drug-likeness (QED) is 0.410. The first-order chi connectivity index (χ1) is 19.0. The number of aromatic nitrogens is 2. The number of nitrogens with two attached hydrogens (primary N) is 1. The lowest BCUT2D eigenvalue weighted by atomic mass is 9.97. The Morgan fingerprint density at radius 2 is 2.00 bits per heavy atom. The molecule has 0 aliphatic carbocycles. The number of ether oxygens (including phenoxy) is 1. The minimum atomic E-state index is -4.42. The van der Waals surface area contributed by atoms with Crippen LogP contribution in [0.4, 0.5) is 16.0 Å². The van der Waals surface area contributed by atoms with Gasteiger partial charge >= 0.3 is 0 Å². The highest BCUT2D eigenvalue weighted by Gasteiger charge is 2.39. The van der Waals surface area contributed by atoms with Gasteiger partial charge in [0.2, 0.25) is 0 Å². The van der Waals surface area contributed by atoms with E-state index in [0.29, 0.717) is 24.3 Å². The number of pyridine rings is 2. The van der Waals surface area contributed by atoms with Gasteiger partial charge in [0.05, 0.1) is 17.9 Å². The average Bonchev–Trinajstić information content (AvgIpc) is 3.03. The maximum Gasteiger partial charge on any atom is 0.281 e. The van der Waals surface area contributed by atoms with Crippen molar-refractivity contribution in [3.05, 3.63) is 59.9 Å². The van der Waals surface area contributed by atoms with E-state index < -0.39 is 44.7 Å². The topological polar surface area (TPSA) is 128 Å². The molecule has 0 unspecified atom stereocenters. The zero-order chi connectivity index (χ0) is 30.3. The van der Waals surface area contributed by atoms with Crippen LogP contribution in [0.2, 0.25) is 0 Å². The molecule has 208 valence electrons. The van der Waals surface area contributed by atoms with E-state index in [2.05, 4.69) is 9.97 Å². The first kappa shape index (κ1) is 25.5. The Morgan fingerprint density at radius 1 is 1.26 bits per heavy atom. The minimum Gasteiger partial charge on any atom is -0.493 e. The molecule has 0 saturated carbocycles. The molecule has 3 heterocycles. The summed E-state index contributed by atoms with van der Waals surface area (Å²) in [5.41, 5.74) is 5.23. The fourth-order valence-electron chi connectivity index (χ4n) is 4.45. The summed E-state index contributed by atoms with van der Waals surface area (Å²) >= 11 is 0. The van der Waals surface area contributed by atoms with Crippen LogP contribution < -0.4 is 20.1 Å². The van der Waals surface area contributed by atoms with Gasteiger partial charge in [0, 0.05) is 26.4 Å². The Balaban J connectivity index is 1.83. The Bertz CT molecular complexity index is 1580. The Hall–Kier alpha value is -3.73. The van der Waals surface area contributed by atoms with Crippen molar-refractivity contribution in [2.24, 2.45) is 11.8 Å². The van der Waals surface area contributed by atoms with E-state index >= 15 is 0 Å². The van der Waals surface area contributed by atoms with Gasteiger partial charge in [-0.05, 0) is 68.5 Å². The second-order valence-corrected chi connectivity index (χ2v) is 12.3. The van der Waals surface area contributed by atoms with Gasteiger partial charge in [0.1, 0.15) is 23.2 Å². The van der Waals surface area contributed by atoms with Crippen molar-refractivity contribution in [1.82, 2.24) is 14.7 Å². The standard InChI is InChI=1S/C28H34FN5O4S/c1-17(2)16-38-21-12-19(11-20(29)13-21)23-10-9-22(26(31-23)34-15-18(3)14-28(34,4)5)27(35)33-39(36,37)25-8-6-7-24(30)32-25/h6-13,17-18H,14-16H2,1-5H3,(H2,30,32)(H,33,35)/t18-/m0/s1/i15D2. The third-order valence-electron chi connectivity index (χ3n) is 6.09. The fraction of sp³-hybridized carbons (Fsp3) is 0.393. The molecule has 1 aromatic carbocycles. The molecule has 1 atom stereocenters. The first-order valence-electron chi connectivity index (χ1n) is 13.6. The molecule has 4 rings (SSSR count). The van der Waals surface area contributed by atoms with Gasteiger partial charge in [-0.2, -0.15) is 8.42 Å². The Kier molecular flexibility index (Phi) is 7.07. The summed E-state index contributed by atoms with van der Waals surface area (Å²) < 4.78 is 65.9. The number of halogens is 1. The van der Waals surface area contributed by atoms with Gasteiger partial charge in [0.25, 0.3) is 15.9 Å². The minimum absolute atomic E-state index is 0.0418. The lowest BCUT2D eigenvalue weighted by molar-refractivity contribution is 0.0981. The van der Waals surface area contributed by atoms with E-state index in [4.69, 9.17) is 13.2 Å². The molecule has 1 amide bonds. The van der Waals surface area contributed by atoms with Gasteiger partial charge in [-0.25, -0.2) is 19.1 Å². The number of carbonyl (C=O) groups is 1. The van der Waals surface area contributed by atoms with E-state index in [1.54, 1.807) is 13.0 Å². The van der Waals surface area contributed by atoms with Crippen LogP contribution in [0.5, 0.6) is 5.75 Å². The molecule has 3 aromatic rings. The van der Waals surface area contributed by atoms with Gasteiger partial charge in [0.15, 0.2) is 5.03 Å². The molecule has 1 saturated heterocycles. The van der Waals surface area contributed by atoms with E-state index in [1.807, 2.05) is 32.4 Å². The molecular formula is C28H34FN5O4S. The highest BCUT2D eigenvalue weighted by molar-refractivity contribution is 7.90. The maximum absolute atomic E-state index is 14.6. The molecular weight excluding hydrogens is 521 g/mol. The normalized spacial score (nSPS) is 18.9. The van der Waals surface area contributed by atoms with Crippen LogP contribution in [-0.2, 0) is 10.0 Å². The third-order valence-corrected chi connectivity index (χ3v) is 7.32. The molecule has 0 bridgehead atoms. The van der Waals surface area contributed by atoms with Crippen molar-refractivity contribution >= 4 is 27.6 Å². The molecule has 11 heteroatoms. The predicted octanol–water partition coefficient (Wildman–Crippen LogP) is 4.64. The van der Waals surface area contributed by atoms with Crippen molar-refractivity contribution in [2.45, 2.75) is 51.6 Å². The Labute approximate surface area is 231 Å². The number of sulfonamides is 1. The molecule has 1 aliphatic heterocycles.